The van der Waals surface area contributed by atoms with Crippen molar-refractivity contribution < 1.29 is 94.6 Å². The third-order valence-electron chi connectivity index (χ3n) is 19.8. The number of amides is 1. The number of fused-ring (bicyclic) bond motifs is 15. The zero-order valence-electron chi connectivity index (χ0n) is 62.4. The Labute approximate surface area is 639 Å². The molecule has 15 rings (SSSR count). The number of carboxylic acid groups (broad SMARTS) is 1. The number of nitrogens with zero attached hydrogens (tertiary/aromatic N) is 6. The number of carbonyl (C=O) groups excluding carboxylic acids is 3. The first-order chi connectivity index (χ1) is 52.7. The van der Waals surface area contributed by atoms with Crippen LogP contribution in [0, 0.1) is 0 Å². The van der Waals surface area contributed by atoms with E-state index in [-0.39, 0.29) is 81.6 Å². The Hall–Kier alpha value is -11.8. The summed E-state index contributed by atoms with van der Waals surface area (Å²) < 4.78 is 58.9. The monoisotopic (exact) mass is 1560 g/mol. The Bertz CT molecular complexity index is 5930. The van der Waals surface area contributed by atoms with Crippen LogP contribution in [0.15, 0.2) is 118 Å². The summed E-state index contributed by atoms with van der Waals surface area (Å²) in [5.41, 5.74) is 5.80. The number of methoxy groups -OCH3 is 1. The molecule has 1 amide bonds. The van der Waals surface area contributed by atoms with E-state index in [0.717, 1.165) is 94.5 Å². The highest BCUT2D eigenvalue weighted by molar-refractivity contribution is 7.93. The number of hydrogen-bond donors (Lipinski definition) is 6. The van der Waals surface area contributed by atoms with Gasteiger partial charge in [0.05, 0.1) is 59.8 Å². The van der Waals surface area contributed by atoms with Crippen molar-refractivity contribution >= 4 is 101 Å². The second kappa shape index (κ2) is 34.2. The number of aromatic hydroxyl groups is 5. The molecule has 0 fully saturated rings. The molecule has 592 valence electrons. The van der Waals surface area contributed by atoms with Gasteiger partial charge in [-0.25, -0.2) is 51.8 Å². The van der Waals surface area contributed by atoms with Crippen molar-refractivity contribution in [3.63, 3.8) is 0 Å². The Kier molecular flexibility index (Phi) is 25.3. The molecular weight excluding hydrogens is 1480 g/mol. The van der Waals surface area contributed by atoms with Gasteiger partial charge in [0, 0.05) is 117 Å². The Morgan fingerprint density at radius 1 is 0.455 bits per heavy atom. The second-order valence-corrected chi connectivity index (χ2v) is 29.4. The highest BCUT2D eigenvalue weighted by Crippen LogP contribution is 2.38. The van der Waals surface area contributed by atoms with Crippen LogP contribution in [-0.2, 0) is 93.8 Å². The molecule has 6 N–H and O–H groups in total. The summed E-state index contributed by atoms with van der Waals surface area (Å²) in [6.07, 6.45) is 8.42. The molecule has 112 heavy (non-hydrogen) atoms. The van der Waals surface area contributed by atoms with Gasteiger partial charge < -0.3 is 86.7 Å². The Balaban J connectivity index is 0.000000148. The fourth-order valence-corrected chi connectivity index (χ4v) is 14.5. The molecule has 10 aromatic rings. The minimum Gasteiger partial charge on any atom is -0.507 e. The molecule has 5 aliphatic heterocycles. The standard InChI is InChI=1S/C18H19NO5.C16H18N2O5.C16H17NO5S.C15H15NO5.C14H13NO5.CH4/c1-3-23-16(21)7-5-13-15(20)6-4-12-11-8-9-19(2)10-14(11)18(22)24-17(12)13;1-17-7-6-9-10-4-5-12(19)13(15(20)18(2)22-3)14(10)23-16(21)11(9)8-17;1-17-7-5-10-11-3-4-14(18)12(6-8-23(2,20)21)15(11)22-16(19)13(10)9-17;1-16-6-5-8-9-3-4-11(17)12(15(19)20-2)13(9)21-14(18)10(8)7-16;1-15-5-4-7-8-2-3-10(16)11(13(17)18)12(8)20-14(19)9(7)6-15;/h4-7,20H,3,8-10H2,1-2H3;4-5,19H,6-8H2,1-3H3;3-4,6,8,18H,5,7,9H2,1-2H3;3-4,17H,5-7H2,1-2H3;2-3,16H,4-6H2,1H3,(H,17,18);1H4/b7-5+;;8-6+;;;. The van der Waals surface area contributed by atoms with Gasteiger partial charge in [0.2, 0.25) is 0 Å². The van der Waals surface area contributed by atoms with E-state index in [1.807, 2.05) is 54.8 Å². The van der Waals surface area contributed by atoms with Gasteiger partial charge in [-0.05, 0) is 175 Å². The molecule has 32 heteroatoms. The molecule has 0 saturated carbocycles. The summed E-state index contributed by atoms with van der Waals surface area (Å²) >= 11 is 0. The van der Waals surface area contributed by atoms with Gasteiger partial charge in [-0.2, -0.15) is 0 Å². The van der Waals surface area contributed by atoms with Gasteiger partial charge in [0.1, 0.15) is 56.6 Å². The lowest BCUT2D eigenvalue weighted by Gasteiger charge is -2.25. The second-order valence-electron chi connectivity index (χ2n) is 27.4. The fraction of sp³-hybridized carbons (Fsp3) is 0.338. The molecule has 31 nitrogen and oxygen atoms in total. The number of benzene rings is 5. The van der Waals surface area contributed by atoms with Gasteiger partial charge in [-0.1, -0.05) is 7.43 Å². The predicted octanol–water partition coefficient (Wildman–Crippen LogP) is 7.78. The van der Waals surface area contributed by atoms with Crippen molar-refractivity contribution in [2.24, 2.45) is 0 Å². The highest BCUT2D eigenvalue weighted by atomic mass is 32.2. The van der Waals surface area contributed by atoms with Crippen molar-refractivity contribution in [2.75, 3.05) is 102 Å². The van der Waals surface area contributed by atoms with E-state index in [1.54, 1.807) is 43.3 Å². The normalized spacial score (nSPS) is 15.1. The number of esters is 2. The van der Waals surface area contributed by atoms with Crippen molar-refractivity contribution in [3.05, 3.63) is 208 Å². The fourth-order valence-electron chi connectivity index (χ4n) is 14.1. The van der Waals surface area contributed by atoms with Crippen LogP contribution in [0.4, 0.5) is 0 Å². The van der Waals surface area contributed by atoms with Crippen LogP contribution >= 0.6 is 0 Å². The number of phenols is 5. The first-order valence-corrected chi connectivity index (χ1v) is 37.0. The number of aromatic carboxylic acids is 1. The molecule has 0 unspecified atom stereocenters. The molecule has 0 aliphatic carbocycles. The van der Waals surface area contributed by atoms with E-state index in [9.17, 15) is 82.2 Å². The number of hydroxylamine groups is 2. The van der Waals surface area contributed by atoms with Crippen molar-refractivity contribution in [2.45, 2.75) is 79.2 Å². The van der Waals surface area contributed by atoms with Crippen LogP contribution in [0.2, 0.25) is 0 Å². The molecule has 0 radical (unpaired) electrons. The Morgan fingerprint density at radius 2 is 0.750 bits per heavy atom. The molecule has 0 saturated heterocycles. The number of carboxylic acids is 1. The van der Waals surface area contributed by atoms with Crippen molar-refractivity contribution in [1.82, 2.24) is 29.6 Å². The number of phenolic OH excluding ortho intramolecular Hbond substituents is 4. The van der Waals surface area contributed by atoms with Gasteiger partial charge in [-0.15, -0.1) is 0 Å². The smallest absolute Gasteiger partial charge is 0.345 e. The SMILES string of the molecule is C.CCOC(=O)/C=C/c1c(O)ccc2c3c(c(=O)oc12)CN(C)CC3.CN1CCc2c(c(=O)oc3c(/C=C/S(C)(=O)=O)c(O)ccc23)C1.CN1CCc2c(c(=O)oc3c(C(=O)O)c(O)ccc23)C1.COC(=O)c1c(O)ccc2c3c(c(=O)oc12)CN(C)CC3.CON(C)C(=O)c1c(O)ccc2c3c(c(=O)oc12)CN(C)CC3. The molecule has 0 atom stereocenters. The van der Waals surface area contributed by atoms with Gasteiger partial charge >= 0.3 is 46.0 Å². The maximum atomic E-state index is 12.4. The third-order valence-corrected chi connectivity index (χ3v) is 20.4. The van der Waals surface area contributed by atoms with E-state index in [0.29, 0.717) is 114 Å². The van der Waals surface area contributed by atoms with Gasteiger partial charge in [0.25, 0.3) is 5.91 Å². The van der Waals surface area contributed by atoms with Gasteiger partial charge in [-0.3, -0.25) is 9.63 Å². The summed E-state index contributed by atoms with van der Waals surface area (Å²) in [4.78, 5) is 123. The van der Waals surface area contributed by atoms with Crippen molar-refractivity contribution in [3.8, 4) is 28.7 Å². The number of hydrogen-bond acceptors (Lipinski definition) is 29. The molecule has 0 bridgehead atoms. The third kappa shape index (κ3) is 17.2. The molecule has 5 aromatic heterocycles. The van der Waals surface area contributed by atoms with Crippen LogP contribution in [-0.4, -0.2) is 195 Å². The number of ether oxygens (including phenoxy) is 2. The predicted molar refractivity (Wildman–Crippen MR) is 415 cm³/mol. The molecule has 0 spiro atoms. The summed E-state index contributed by atoms with van der Waals surface area (Å²) in [7, 11) is 10.3. The summed E-state index contributed by atoms with van der Waals surface area (Å²) in [6.45, 7) is 8.63. The quantitative estimate of drug-likeness (QED) is 0.0347. The zero-order valence-corrected chi connectivity index (χ0v) is 63.2. The number of likely N-dealkylation sites (N-methyl/N-ethyl adjacent to an activating group) is 5. The molecule has 5 aliphatic rings. The summed E-state index contributed by atoms with van der Waals surface area (Å²) in [6, 6.07) is 15.6. The van der Waals surface area contributed by atoms with Crippen LogP contribution < -0.4 is 28.1 Å². The minimum atomic E-state index is -3.36. The first kappa shape index (κ1) is 82.7. The van der Waals surface area contributed by atoms with Crippen LogP contribution in [0.25, 0.3) is 67.0 Å². The van der Waals surface area contributed by atoms with E-state index in [1.165, 1.54) is 63.8 Å². The summed E-state index contributed by atoms with van der Waals surface area (Å²) in [5.74, 6) is -4.23. The topological polar surface area (TPSA) is 422 Å². The lowest BCUT2D eigenvalue weighted by molar-refractivity contribution is -0.137. The van der Waals surface area contributed by atoms with E-state index < -0.39 is 67.5 Å². The van der Waals surface area contributed by atoms with Gasteiger partial charge in [0.15, 0.2) is 26.6 Å². The lowest BCUT2D eigenvalue weighted by Crippen LogP contribution is -2.31. The number of carbonyl (C=O) groups is 4. The number of rotatable bonds is 9. The van der Waals surface area contributed by atoms with E-state index in [2.05, 4.69) is 9.64 Å². The number of sulfone groups is 1. The maximum Gasteiger partial charge on any atom is 0.345 e. The average molecular weight is 1560 g/mol. The van der Waals surface area contributed by atoms with Crippen LogP contribution in [0.5, 0.6) is 28.7 Å². The summed E-state index contributed by atoms with van der Waals surface area (Å²) in [5, 5.41) is 64.4. The largest absolute Gasteiger partial charge is 0.507 e. The highest BCUT2D eigenvalue weighted by Gasteiger charge is 2.31. The molecular formula is C80H86N6O25S. The maximum absolute atomic E-state index is 12.4. The van der Waals surface area contributed by atoms with Crippen LogP contribution in [0.3, 0.4) is 0 Å². The first-order valence-electron chi connectivity index (χ1n) is 35.0. The van der Waals surface area contributed by atoms with Crippen LogP contribution in [0.1, 0.15) is 112 Å². The zero-order chi connectivity index (χ0) is 80.4. The van der Waals surface area contributed by atoms with E-state index >= 15 is 0 Å². The van der Waals surface area contributed by atoms with Crippen molar-refractivity contribution in [1.29, 1.82) is 0 Å². The lowest BCUT2D eigenvalue weighted by atomic mass is 9.96. The molecule has 10 heterocycles. The molecule has 5 aromatic carbocycles. The minimum absolute atomic E-state index is 0. The Morgan fingerprint density at radius 3 is 1.07 bits per heavy atom. The van der Waals surface area contributed by atoms with E-state index in [4.69, 9.17) is 31.7 Å². The average Bonchev–Trinajstić information content (AvgIpc) is 0.773.